The van der Waals surface area contributed by atoms with Crippen molar-refractivity contribution in [3.8, 4) is 0 Å². The maximum Gasteiger partial charge on any atom is 0.271 e. The van der Waals surface area contributed by atoms with E-state index in [2.05, 4.69) is 10.3 Å². The Morgan fingerprint density at radius 3 is 2.58 bits per heavy atom. The van der Waals surface area contributed by atoms with Crippen LogP contribution in [0.25, 0.3) is 11.1 Å². The van der Waals surface area contributed by atoms with E-state index in [9.17, 15) is 14.9 Å². The molecule has 4 aromatic rings. The molecule has 1 amide bonds. The van der Waals surface area contributed by atoms with Crippen molar-refractivity contribution < 1.29 is 14.1 Å². The summed E-state index contributed by atoms with van der Waals surface area (Å²) < 4.78 is 5.75. The molecule has 156 valence electrons. The van der Waals surface area contributed by atoms with Gasteiger partial charge < -0.3 is 9.73 Å². The van der Waals surface area contributed by atoms with E-state index < -0.39 is 10.2 Å². The first-order valence-corrected chi connectivity index (χ1v) is 10.6. The number of hydrogen-bond donors (Lipinski definition) is 1. The Labute approximate surface area is 190 Å². The third-order valence-corrected chi connectivity index (χ3v) is 5.96. The molecule has 1 aromatic heterocycles. The number of halogens is 2. The molecule has 1 unspecified atom stereocenters. The Balaban J connectivity index is 1.63. The minimum absolute atomic E-state index is 0.0656. The van der Waals surface area contributed by atoms with Crippen LogP contribution in [0.5, 0.6) is 0 Å². The summed E-state index contributed by atoms with van der Waals surface area (Å²) in [5.41, 5.74) is 1.96. The summed E-state index contributed by atoms with van der Waals surface area (Å²) >= 11 is 13.3. The van der Waals surface area contributed by atoms with Crippen LogP contribution in [0.4, 0.5) is 11.4 Å². The van der Waals surface area contributed by atoms with E-state index in [-0.39, 0.29) is 22.3 Å². The topological polar surface area (TPSA) is 98.3 Å². The lowest BCUT2D eigenvalue weighted by atomic mass is 10.1. The van der Waals surface area contributed by atoms with E-state index in [4.69, 9.17) is 27.6 Å². The Bertz CT molecular complexity index is 1280. The fraction of sp³-hybridized carbons (Fsp3) is 0.0476. The van der Waals surface area contributed by atoms with Gasteiger partial charge in [0.2, 0.25) is 5.91 Å². The molecular formula is C21H13Cl2N3O4S. The molecule has 7 nitrogen and oxygen atoms in total. The SMILES string of the molecule is O=C(Nc1ccc([N+](=O)[O-])cc1Cl)C(Sc1nc2cc(Cl)ccc2o1)c1ccccc1. The second kappa shape index (κ2) is 8.97. The number of anilines is 1. The number of benzene rings is 3. The summed E-state index contributed by atoms with van der Waals surface area (Å²) in [6.45, 7) is 0. The molecule has 1 atom stereocenters. The van der Waals surface area contributed by atoms with Crippen molar-refractivity contribution in [2.45, 2.75) is 10.5 Å². The zero-order valence-corrected chi connectivity index (χ0v) is 17.9. The van der Waals surface area contributed by atoms with Gasteiger partial charge >= 0.3 is 0 Å². The number of amides is 1. The summed E-state index contributed by atoms with van der Waals surface area (Å²) in [6.07, 6.45) is 0. The first kappa shape index (κ1) is 21.2. The number of nitro groups is 1. The molecule has 31 heavy (non-hydrogen) atoms. The lowest BCUT2D eigenvalue weighted by molar-refractivity contribution is -0.384. The van der Waals surface area contributed by atoms with Gasteiger partial charge in [-0.2, -0.15) is 0 Å². The van der Waals surface area contributed by atoms with E-state index in [1.807, 2.05) is 30.3 Å². The van der Waals surface area contributed by atoms with Gasteiger partial charge in [0.1, 0.15) is 10.8 Å². The summed E-state index contributed by atoms with van der Waals surface area (Å²) in [7, 11) is 0. The molecule has 1 heterocycles. The van der Waals surface area contributed by atoms with Crippen LogP contribution >= 0.6 is 35.0 Å². The van der Waals surface area contributed by atoms with Gasteiger partial charge in [-0.15, -0.1) is 0 Å². The lowest BCUT2D eigenvalue weighted by Crippen LogP contribution is -2.19. The molecule has 0 bridgehead atoms. The van der Waals surface area contributed by atoms with Crippen LogP contribution in [-0.4, -0.2) is 15.8 Å². The number of fused-ring (bicyclic) bond motifs is 1. The highest BCUT2D eigenvalue weighted by molar-refractivity contribution is 8.00. The number of oxazole rings is 1. The van der Waals surface area contributed by atoms with Gasteiger partial charge in [-0.05, 0) is 41.6 Å². The van der Waals surface area contributed by atoms with Crippen molar-refractivity contribution >= 4 is 63.3 Å². The van der Waals surface area contributed by atoms with Crippen molar-refractivity contribution in [2.75, 3.05) is 5.32 Å². The van der Waals surface area contributed by atoms with Crippen molar-refractivity contribution in [1.29, 1.82) is 0 Å². The molecule has 0 aliphatic rings. The number of aromatic nitrogens is 1. The number of rotatable bonds is 6. The van der Waals surface area contributed by atoms with Crippen molar-refractivity contribution in [3.05, 3.63) is 92.5 Å². The molecular weight excluding hydrogens is 461 g/mol. The van der Waals surface area contributed by atoms with Crippen LogP contribution < -0.4 is 5.32 Å². The van der Waals surface area contributed by atoms with Gasteiger partial charge in [-0.25, -0.2) is 4.98 Å². The molecule has 3 aromatic carbocycles. The van der Waals surface area contributed by atoms with Crippen molar-refractivity contribution in [2.24, 2.45) is 0 Å². The smallest absolute Gasteiger partial charge is 0.271 e. The Kier molecular flexibility index (Phi) is 6.13. The molecule has 0 aliphatic carbocycles. The predicted octanol–water partition coefficient (Wildman–Crippen LogP) is 6.51. The van der Waals surface area contributed by atoms with E-state index >= 15 is 0 Å². The number of nitrogens with zero attached hydrogens (tertiary/aromatic N) is 2. The summed E-state index contributed by atoms with van der Waals surface area (Å²) in [6, 6.07) is 18.1. The van der Waals surface area contributed by atoms with Crippen molar-refractivity contribution in [3.63, 3.8) is 0 Å². The Morgan fingerprint density at radius 2 is 1.87 bits per heavy atom. The van der Waals surface area contributed by atoms with Gasteiger partial charge in [0, 0.05) is 17.2 Å². The van der Waals surface area contributed by atoms with Gasteiger partial charge in [0.05, 0.1) is 15.6 Å². The van der Waals surface area contributed by atoms with Crippen LogP contribution in [0.2, 0.25) is 10.0 Å². The number of hydrogen-bond acceptors (Lipinski definition) is 6. The first-order chi connectivity index (χ1) is 14.9. The van der Waals surface area contributed by atoms with Crippen LogP contribution in [-0.2, 0) is 4.79 Å². The van der Waals surface area contributed by atoms with Crippen molar-refractivity contribution in [1.82, 2.24) is 4.98 Å². The van der Waals surface area contributed by atoms with Gasteiger partial charge in [-0.3, -0.25) is 14.9 Å². The average molecular weight is 474 g/mol. The van der Waals surface area contributed by atoms with E-state index in [0.29, 0.717) is 21.3 Å². The minimum atomic E-state index is -0.712. The monoisotopic (exact) mass is 473 g/mol. The maximum atomic E-state index is 13.1. The molecule has 0 radical (unpaired) electrons. The molecule has 0 aliphatic heterocycles. The normalized spacial score (nSPS) is 11.9. The maximum absolute atomic E-state index is 13.1. The molecule has 0 spiro atoms. The quantitative estimate of drug-likeness (QED) is 0.194. The highest BCUT2D eigenvalue weighted by Gasteiger charge is 2.26. The third kappa shape index (κ3) is 4.82. The van der Waals surface area contributed by atoms with Crippen LogP contribution in [0.1, 0.15) is 10.8 Å². The van der Waals surface area contributed by atoms with Gasteiger partial charge in [-0.1, -0.05) is 53.5 Å². The van der Waals surface area contributed by atoms with E-state index in [1.165, 1.54) is 18.2 Å². The highest BCUT2D eigenvalue weighted by Crippen LogP contribution is 2.38. The Hall–Kier alpha value is -3.07. The summed E-state index contributed by atoms with van der Waals surface area (Å²) in [5.74, 6) is -0.382. The molecule has 0 saturated carbocycles. The molecule has 0 fully saturated rings. The largest absolute Gasteiger partial charge is 0.431 e. The van der Waals surface area contributed by atoms with Crippen LogP contribution in [0.3, 0.4) is 0 Å². The van der Waals surface area contributed by atoms with Crippen LogP contribution in [0.15, 0.2) is 76.4 Å². The first-order valence-electron chi connectivity index (χ1n) is 8.93. The number of nitrogens with one attached hydrogen (secondary N) is 1. The second-order valence-corrected chi connectivity index (χ2v) is 8.31. The Morgan fingerprint density at radius 1 is 1.10 bits per heavy atom. The van der Waals surface area contributed by atoms with E-state index in [1.54, 1.807) is 18.2 Å². The number of carbonyl (C=O) groups excluding carboxylic acids is 1. The van der Waals surface area contributed by atoms with Gasteiger partial charge in [0.25, 0.3) is 10.9 Å². The van der Waals surface area contributed by atoms with Crippen LogP contribution in [0, 0.1) is 10.1 Å². The molecule has 1 N–H and O–H groups in total. The fourth-order valence-electron chi connectivity index (χ4n) is 2.85. The zero-order valence-electron chi connectivity index (χ0n) is 15.6. The molecule has 10 heteroatoms. The molecule has 4 rings (SSSR count). The van der Waals surface area contributed by atoms with E-state index in [0.717, 1.165) is 17.3 Å². The highest BCUT2D eigenvalue weighted by atomic mass is 35.5. The number of non-ortho nitro benzene ring substituents is 1. The third-order valence-electron chi connectivity index (χ3n) is 4.31. The minimum Gasteiger partial charge on any atom is -0.431 e. The number of carbonyl (C=O) groups is 1. The predicted molar refractivity (Wildman–Crippen MR) is 121 cm³/mol. The number of thioether (sulfide) groups is 1. The van der Waals surface area contributed by atoms with Gasteiger partial charge in [0.15, 0.2) is 5.58 Å². The molecule has 0 saturated heterocycles. The zero-order chi connectivity index (χ0) is 22.0. The second-order valence-electron chi connectivity index (χ2n) is 6.41. The standard InChI is InChI=1S/C21H13Cl2N3O4S/c22-13-6-9-18-17(10-13)25-21(30-18)31-19(12-4-2-1-3-5-12)20(27)24-16-8-7-14(26(28)29)11-15(16)23/h1-11,19H,(H,24,27). The summed E-state index contributed by atoms with van der Waals surface area (Å²) in [4.78, 5) is 27.9. The number of nitro benzene ring substituents is 1. The average Bonchev–Trinajstić information content (AvgIpc) is 3.15. The lowest BCUT2D eigenvalue weighted by Gasteiger charge is -2.16. The fourth-order valence-corrected chi connectivity index (χ4v) is 4.19. The summed E-state index contributed by atoms with van der Waals surface area (Å²) in [5, 5.41) is 13.8.